The van der Waals surface area contributed by atoms with Gasteiger partial charge in [-0.1, -0.05) is 37.2 Å². The number of para-hydroxylation sites is 1. The molecular weight excluding hydrogens is 394 g/mol. The molecule has 0 aliphatic heterocycles. The van der Waals surface area contributed by atoms with E-state index in [1.54, 1.807) is 20.2 Å². The molecule has 1 amide bonds. The number of nitrogens with one attached hydrogen (secondary N) is 1. The van der Waals surface area contributed by atoms with Gasteiger partial charge >= 0.3 is 0 Å². The van der Waals surface area contributed by atoms with Gasteiger partial charge in [-0.15, -0.1) is 0 Å². The third kappa shape index (κ3) is 3.76. The van der Waals surface area contributed by atoms with Crippen molar-refractivity contribution >= 4 is 17.0 Å². The first-order valence-corrected chi connectivity index (χ1v) is 10.1. The molecule has 1 aromatic carbocycles. The van der Waals surface area contributed by atoms with E-state index < -0.39 is 6.04 Å². The molecule has 1 unspecified atom stereocenters. The van der Waals surface area contributed by atoms with Gasteiger partial charge in [0.1, 0.15) is 17.6 Å². The Morgan fingerprint density at radius 3 is 2.71 bits per heavy atom. The van der Waals surface area contributed by atoms with Crippen molar-refractivity contribution in [2.75, 3.05) is 7.11 Å². The van der Waals surface area contributed by atoms with Crippen molar-refractivity contribution in [3.8, 4) is 5.75 Å². The second-order valence-electron chi connectivity index (χ2n) is 7.74. The molecule has 0 fully saturated rings. The van der Waals surface area contributed by atoms with Crippen LogP contribution in [0.4, 0.5) is 0 Å². The highest BCUT2D eigenvalue weighted by Crippen LogP contribution is 2.31. The van der Waals surface area contributed by atoms with E-state index >= 15 is 0 Å². The van der Waals surface area contributed by atoms with Gasteiger partial charge in [-0.2, -0.15) is 0 Å². The van der Waals surface area contributed by atoms with E-state index in [2.05, 4.69) is 20.4 Å². The lowest BCUT2D eigenvalue weighted by molar-refractivity contribution is 0.0942. The zero-order valence-electron chi connectivity index (χ0n) is 18.2. The molecule has 4 aromatic rings. The zero-order valence-corrected chi connectivity index (χ0v) is 18.2. The predicted molar refractivity (Wildman–Crippen MR) is 116 cm³/mol. The van der Waals surface area contributed by atoms with Crippen molar-refractivity contribution < 1.29 is 14.1 Å². The highest BCUT2D eigenvalue weighted by molar-refractivity contribution is 6.06. The lowest BCUT2D eigenvalue weighted by atomic mass is 10.0. The number of pyridine rings is 1. The summed E-state index contributed by atoms with van der Waals surface area (Å²) in [5, 5.41) is 7.77. The number of nitrogens with zero attached hydrogens (tertiary/aromatic N) is 4. The van der Waals surface area contributed by atoms with Gasteiger partial charge in [0, 0.05) is 30.7 Å². The van der Waals surface area contributed by atoms with Gasteiger partial charge in [-0.3, -0.25) is 4.79 Å². The molecule has 0 bridgehead atoms. The third-order valence-corrected chi connectivity index (χ3v) is 5.32. The molecule has 160 valence electrons. The van der Waals surface area contributed by atoms with E-state index in [0.717, 1.165) is 11.3 Å². The lowest BCUT2D eigenvalue weighted by Crippen LogP contribution is -2.31. The maximum absolute atomic E-state index is 13.6. The molecule has 31 heavy (non-hydrogen) atoms. The first kappa shape index (κ1) is 20.6. The SMILES string of the molecule is COc1ccccc1C(NC(=O)c1cc(C(C)C)nc2onc(C)c12)c1nccn1C. The number of aryl methyl sites for hydroxylation is 2. The molecule has 4 rings (SSSR count). The number of amides is 1. The standard InChI is InChI=1S/C23H25N5O3/c1-13(2)17-12-16(19-14(3)27-31-23(19)25-17)22(29)26-20(21-24-10-11-28(21)4)15-8-6-7-9-18(15)30-5/h6-13,20H,1-5H3,(H,26,29). The van der Waals surface area contributed by atoms with Gasteiger partial charge in [0.05, 0.1) is 23.8 Å². The predicted octanol–water partition coefficient (Wildman–Crippen LogP) is 3.92. The van der Waals surface area contributed by atoms with Gasteiger partial charge < -0.3 is 19.1 Å². The fraction of sp³-hybridized carbons (Fsp3) is 0.304. The van der Waals surface area contributed by atoms with Crippen molar-refractivity contribution in [2.24, 2.45) is 7.05 Å². The molecule has 1 atom stereocenters. The quantitative estimate of drug-likeness (QED) is 0.509. The Bertz CT molecular complexity index is 1240. The summed E-state index contributed by atoms with van der Waals surface area (Å²) < 4.78 is 12.8. The summed E-state index contributed by atoms with van der Waals surface area (Å²) in [6.07, 6.45) is 3.55. The first-order chi connectivity index (χ1) is 14.9. The molecule has 0 aliphatic carbocycles. The molecule has 1 N–H and O–H groups in total. The number of ether oxygens (including phenoxy) is 1. The largest absolute Gasteiger partial charge is 0.496 e. The topological polar surface area (TPSA) is 95.1 Å². The Morgan fingerprint density at radius 2 is 2.03 bits per heavy atom. The number of hydrogen-bond donors (Lipinski definition) is 1. The Labute approximate surface area is 180 Å². The summed E-state index contributed by atoms with van der Waals surface area (Å²) in [6.45, 7) is 5.84. The number of imidazole rings is 1. The number of hydrogen-bond acceptors (Lipinski definition) is 6. The van der Waals surface area contributed by atoms with E-state index in [9.17, 15) is 4.79 Å². The van der Waals surface area contributed by atoms with Gasteiger partial charge in [0.25, 0.3) is 11.6 Å². The summed E-state index contributed by atoms with van der Waals surface area (Å²) in [5.74, 6) is 1.22. The Balaban J connectivity index is 1.82. The van der Waals surface area contributed by atoms with Crippen LogP contribution in [0.5, 0.6) is 5.75 Å². The number of aromatic nitrogens is 4. The first-order valence-electron chi connectivity index (χ1n) is 10.1. The van der Waals surface area contributed by atoms with Gasteiger partial charge in [-0.25, -0.2) is 9.97 Å². The van der Waals surface area contributed by atoms with Crippen LogP contribution in [0.1, 0.15) is 58.9 Å². The van der Waals surface area contributed by atoms with Gasteiger partial charge in [-0.05, 0) is 25.0 Å². The van der Waals surface area contributed by atoms with Crippen LogP contribution in [0.25, 0.3) is 11.1 Å². The fourth-order valence-electron chi connectivity index (χ4n) is 3.64. The number of rotatable bonds is 6. The van der Waals surface area contributed by atoms with E-state index in [1.807, 2.05) is 62.0 Å². The minimum absolute atomic E-state index is 0.126. The van der Waals surface area contributed by atoms with Crippen LogP contribution >= 0.6 is 0 Å². The molecule has 0 spiro atoms. The summed E-state index contributed by atoms with van der Waals surface area (Å²) in [6, 6.07) is 8.88. The molecule has 3 aromatic heterocycles. The van der Waals surface area contributed by atoms with Crippen LogP contribution in [0.2, 0.25) is 0 Å². The van der Waals surface area contributed by atoms with Crippen LogP contribution in [-0.4, -0.2) is 32.7 Å². The summed E-state index contributed by atoms with van der Waals surface area (Å²) in [7, 11) is 3.50. The van der Waals surface area contributed by atoms with Crippen LogP contribution < -0.4 is 10.1 Å². The maximum atomic E-state index is 13.6. The van der Waals surface area contributed by atoms with Crippen molar-refractivity contribution in [2.45, 2.75) is 32.7 Å². The second-order valence-corrected chi connectivity index (χ2v) is 7.74. The number of fused-ring (bicyclic) bond motifs is 1. The normalized spacial score (nSPS) is 12.3. The van der Waals surface area contributed by atoms with Crippen molar-refractivity contribution in [3.05, 3.63) is 71.1 Å². The Morgan fingerprint density at radius 1 is 1.26 bits per heavy atom. The summed E-state index contributed by atoms with van der Waals surface area (Å²) >= 11 is 0. The Hall–Kier alpha value is -3.68. The minimum atomic E-state index is -0.519. The molecule has 3 heterocycles. The zero-order chi connectivity index (χ0) is 22.1. The Kier molecular flexibility index (Phi) is 5.46. The van der Waals surface area contributed by atoms with E-state index in [4.69, 9.17) is 9.26 Å². The average Bonchev–Trinajstić information content (AvgIpc) is 3.36. The van der Waals surface area contributed by atoms with Crippen molar-refractivity contribution in [3.63, 3.8) is 0 Å². The minimum Gasteiger partial charge on any atom is -0.496 e. The van der Waals surface area contributed by atoms with Crippen LogP contribution in [0.15, 0.2) is 47.2 Å². The lowest BCUT2D eigenvalue weighted by Gasteiger charge is -2.21. The molecule has 0 saturated carbocycles. The maximum Gasteiger partial charge on any atom is 0.259 e. The van der Waals surface area contributed by atoms with Gasteiger partial charge in [0.2, 0.25) is 0 Å². The highest BCUT2D eigenvalue weighted by Gasteiger charge is 2.27. The van der Waals surface area contributed by atoms with Crippen molar-refractivity contribution in [1.82, 2.24) is 25.0 Å². The third-order valence-electron chi connectivity index (χ3n) is 5.32. The summed E-state index contributed by atoms with van der Waals surface area (Å²) in [4.78, 5) is 22.6. The van der Waals surface area contributed by atoms with Crippen LogP contribution in [-0.2, 0) is 7.05 Å². The molecule has 8 heteroatoms. The van der Waals surface area contributed by atoms with E-state index in [1.165, 1.54) is 0 Å². The molecular formula is C23H25N5O3. The molecule has 8 nitrogen and oxygen atoms in total. The molecule has 0 saturated heterocycles. The number of benzene rings is 1. The number of methoxy groups -OCH3 is 1. The average molecular weight is 419 g/mol. The fourth-order valence-corrected chi connectivity index (χ4v) is 3.64. The number of carbonyl (C=O) groups is 1. The van der Waals surface area contributed by atoms with Crippen molar-refractivity contribution in [1.29, 1.82) is 0 Å². The van der Waals surface area contributed by atoms with Gasteiger partial charge in [0.15, 0.2) is 0 Å². The highest BCUT2D eigenvalue weighted by atomic mass is 16.5. The monoisotopic (exact) mass is 419 g/mol. The molecule has 0 radical (unpaired) electrons. The summed E-state index contributed by atoms with van der Waals surface area (Å²) in [5.41, 5.74) is 3.03. The van der Waals surface area contributed by atoms with E-state index in [0.29, 0.717) is 33.9 Å². The number of carbonyl (C=O) groups excluding carboxylic acids is 1. The van der Waals surface area contributed by atoms with Crippen LogP contribution in [0, 0.1) is 6.92 Å². The smallest absolute Gasteiger partial charge is 0.259 e. The second kappa shape index (κ2) is 8.22. The van der Waals surface area contributed by atoms with Crippen LogP contribution in [0.3, 0.4) is 0 Å². The molecule has 0 aliphatic rings. The van der Waals surface area contributed by atoms with E-state index in [-0.39, 0.29) is 11.8 Å².